The normalized spacial score (nSPS) is 12.8. The first kappa shape index (κ1) is 18.0. The number of carbonyl (C=O) groups excluding carboxylic acids is 3. The molecule has 12 heteroatoms. The number of rotatable bonds is 4. The molecule has 0 spiro atoms. The van der Waals surface area contributed by atoms with E-state index in [2.05, 4.69) is 15.2 Å². The number of alkyl halides is 6. The zero-order valence-corrected chi connectivity index (χ0v) is 9.59. The Morgan fingerprint density at radius 2 is 1.20 bits per heavy atom. The highest BCUT2D eigenvalue weighted by Crippen LogP contribution is 2.28. The van der Waals surface area contributed by atoms with Crippen LogP contribution in [0.2, 0.25) is 0 Å². The number of primary amides is 1. The molecule has 0 bridgehead atoms. The van der Waals surface area contributed by atoms with Gasteiger partial charge in [-0.25, -0.2) is 9.59 Å². The molecule has 1 amide bonds. The summed E-state index contributed by atoms with van der Waals surface area (Å²) < 4.78 is 78.8. The lowest BCUT2D eigenvalue weighted by Crippen LogP contribution is -2.54. The molecule has 0 aliphatic heterocycles. The van der Waals surface area contributed by atoms with Gasteiger partial charge in [-0.3, -0.25) is 4.79 Å². The second-order valence-electron chi connectivity index (χ2n) is 3.25. The smallest absolute Gasteiger partial charge is 0.406 e. The summed E-state index contributed by atoms with van der Waals surface area (Å²) in [6, 6.07) is 0. The van der Waals surface area contributed by atoms with E-state index in [4.69, 9.17) is 0 Å². The molecule has 0 atom stereocenters. The topological polar surface area (TPSA) is 95.7 Å². The fourth-order valence-electron chi connectivity index (χ4n) is 0.855. The van der Waals surface area contributed by atoms with Crippen molar-refractivity contribution in [3.63, 3.8) is 0 Å². The van der Waals surface area contributed by atoms with Gasteiger partial charge < -0.3 is 15.2 Å². The molecule has 0 saturated heterocycles. The van der Waals surface area contributed by atoms with E-state index in [-0.39, 0.29) is 0 Å². The number of esters is 2. The minimum atomic E-state index is -5.62. The molecule has 0 aliphatic carbocycles. The lowest BCUT2D eigenvalue weighted by Gasteiger charge is -2.28. The fraction of sp³-hybridized carbons (Fsp3) is 0.625. The Morgan fingerprint density at radius 3 is 1.35 bits per heavy atom. The van der Waals surface area contributed by atoms with Crippen molar-refractivity contribution in [3.05, 3.63) is 0 Å². The van der Waals surface area contributed by atoms with E-state index in [9.17, 15) is 40.7 Å². The van der Waals surface area contributed by atoms with Gasteiger partial charge in [-0.2, -0.15) is 26.3 Å². The monoisotopic (exact) mass is 311 g/mol. The van der Waals surface area contributed by atoms with Crippen LogP contribution in [0.25, 0.3) is 0 Å². The Bertz CT molecular complexity index is 387. The first-order valence-electron chi connectivity index (χ1n) is 4.66. The van der Waals surface area contributed by atoms with E-state index in [0.29, 0.717) is 0 Å². The van der Waals surface area contributed by atoms with Gasteiger partial charge in [0.1, 0.15) is 0 Å². The molecule has 0 aromatic carbocycles. The van der Waals surface area contributed by atoms with Crippen LogP contribution in [0.5, 0.6) is 0 Å². The van der Waals surface area contributed by atoms with Crippen LogP contribution in [0.15, 0.2) is 0 Å². The lowest BCUT2D eigenvalue weighted by atomic mass is 10.2. The summed E-state index contributed by atoms with van der Waals surface area (Å²) in [5.74, 6) is -11.6. The third-order valence-electron chi connectivity index (χ3n) is 1.82. The molecule has 116 valence electrons. The van der Waals surface area contributed by atoms with E-state index >= 15 is 0 Å². The van der Waals surface area contributed by atoms with Gasteiger partial charge in [-0.05, 0) is 0 Å². The SMILES string of the molecule is CCC(OC(=O)C(F)(F)F)(OC(=O)C(F)(F)F)C(N)=O. The summed E-state index contributed by atoms with van der Waals surface area (Å²) >= 11 is 0. The second kappa shape index (κ2) is 5.54. The van der Waals surface area contributed by atoms with Crippen LogP contribution >= 0.6 is 0 Å². The van der Waals surface area contributed by atoms with Gasteiger partial charge in [0.15, 0.2) is 0 Å². The largest absolute Gasteiger partial charge is 0.491 e. The number of halogens is 6. The van der Waals surface area contributed by atoms with Crippen LogP contribution in [0, 0.1) is 0 Å². The standard InChI is InChI=1S/C8H7F6NO5/c1-2-6(3(15)16,19-4(17)7(9,10)11)20-5(18)8(12,13)14/h2H2,1H3,(H2,15,16). The number of hydrogen-bond acceptors (Lipinski definition) is 5. The third kappa shape index (κ3) is 4.28. The number of carbonyl (C=O) groups is 3. The van der Waals surface area contributed by atoms with E-state index in [1.165, 1.54) is 0 Å². The Morgan fingerprint density at radius 1 is 0.900 bits per heavy atom. The van der Waals surface area contributed by atoms with Gasteiger partial charge in [0.05, 0.1) is 0 Å². The fourth-order valence-corrected chi connectivity index (χ4v) is 0.855. The van der Waals surface area contributed by atoms with Crippen LogP contribution in [0.3, 0.4) is 0 Å². The molecule has 0 unspecified atom stereocenters. The van der Waals surface area contributed by atoms with Crippen LogP contribution in [-0.4, -0.2) is 36.0 Å². The average molecular weight is 311 g/mol. The second-order valence-corrected chi connectivity index (χ2v) is 3.25. The molecule has 20 heavy (non-hydrogen) atoms. The maximum absolute atomic E-state index is 12.0. The average Bonchev–Trinajstić information content (AvgIpc) is 2.24. The predicted molar refractivity (Wildman–Crippen MR) is 46.5 cm³/mol. The molecule has 0 aliphatic rings. The maximum Gasteiger partial charge on any atom is 0.491 e. The van der Waals surface area contributed by atoms with E-state index < -0.39 is 42.4 Å². The summed E-state index contributed by atoms with van der Waals surface area (Å²) in [7, 11) is 0. The highest BCUT2D eigenvalue weighted by Gasteiger charge is 2.54. The zero-order valence-electron chi connectivity index (χ0n) is 9.59. The number of hydrogen-bond donors (Lipinski definition) is 1. The Kier molecular flexibility index (Phi) is 4.99. The first-order valence-corrected chi connectivity index (χ1v) is 4.66. The van der Waals surface area contributed by atoms with Crippen LogP contribution in [-0.2, 0) is 23.9 Å². The summed E-state index contributed by atoms with van der Waals surface area (Å²) in [5.41, 5.74) is 4.54. The van der Waals surface area contributed by atoms with Crippen molar-refractivity contribution in [2.24, 2.45) is 5.73 Å². The molecule has 0 rings (SSSR count). The first-order chi connectivity index (χ1) is 8.76. The summed E-state index contributed by atoms with van der Waals surface area (Å²) in [5, 5.41) is 0. The molecule has 0 saturated carbocycles. The number of nitrogens with two attached hydrogens (primary N) is 1. The molecular weight excluding hydrogens is 304 g/mol. The number of ether oxygens (including phenoxy) is 2. The molecule has 0 aromatic rings. The zero-order chi connectivity index (χ0) is 16.4. The molecule has 2 N–H and O–H groups in total. The van der Waals surface area contributed by atoms with E-state index in [1.807, 2.05) is 0 Å². The van der Waals surface area contributed by atoms with Crippen LogP contribution in [0.1, 0.15) is 13.3 Å². The Balaban J connectivity index is 5.39. The summed E-state index contributed by atoms with van der Waals surface area (Å²) in [4.78, 5) is 32.0. The highest BCUT2D eigenvalue weighted by atomic mass is 19.4. The highest BCUT2D eigenvalue weighted by molar-refractivity contribution is 5.89. The summed E-state index contributed by atoms with van der Waals surface area (Å²) in [6.07, 6.45) is -12.3. The van der Waals surface area contributed by atoms with Crippen molar-refractivity contribution < 1.29 is 50.2 Å². The quantitative estimate of drug-likeness (QED) is 0.470. The molecular formula is C8H7F6NO5. The molecule has 6 nitrogen and oxygen atoms in total. The van der Waals surface area contributed by atoms with Crippen molar-refractivity contribution >= 4 is 17.8 Å². The van der Waals surface area contributed by atoms with Gasteiger partial charge in [-0.1, -0.05) is 6.92 Å². The van der Waals surface area contributed by atoms with Gasteiger partial charge in [0.2, 0.25) is 0 Å². The van der Waals surface area contributed by atoms with E-state index in [0.717, 1.165) is 6.92 Å². The van der Waals surface area contributed by atoms with E-state index in [1.54, 1.807) is 0 Å². The molecule has 0 aromatic heterocycles. The van der Waals surface area contributed by atoms with Crippen LogP contribution in [0.4, 0.5) is 26.3 Å². The van der Waals surface area contributed by atoms with Gasteiger partial charge in [0.25, 0.3) is 0 Å². The molecule has 0 radical (unpaired) electrons. The minimum absolute atomic E-state index is 0.818. The predicted octanol–water partition coefficient (Wildman–Crippen LogP) is 0.789. The van der Waals surface area contributed by atoms with Crippen molar-refractivity contribution in [1.29, 1.82) is 0 Å². The Labute approximate surface area is 106 Å². The van der Waals surface area contributed by atoms with Gasteiger partial charge >= 0.3 is 36.0 Å². The lowest BCUT2D eigenvalue weighted by molar-refractivity contribution is -0.266. The van der Waals surface area contributed by atoms with Gasteiger partial charge in [-0.15, -0.1) is 0 Å². The maximum atomic E-state index is 12.0. The van der Waals surface area contributed by atoms with Gasteiger partial charge in [0, 0.05) is 6.42 Å². The summed E-state index contributed by atoms with van der Waals surface area (Å²) in [6.45, 7) is 0.818. The van der Waals surface area contributed by atoms with Crippen LogP contribution < -0.4 is 5.73 Å². The molecule has 0 heterocycles. The molecule has 0 fully saturated rings. The van der Waals surface area contributed by atoms with Crippen molar-refractivity contribution in [1.82, 2.24) is 0 Å². The minimum Gasteiger partial charge on any atom is -0.406 e. The van der Waals surface area contributed by atoms with Crippen molar-refractivity contribution in [2.75, 3.05) is 0 Å². The van der Waals surface area contributed by atoms with Crippen molar-refractivity contribution in [3.8, 4) is 0 Å². The van der Waals surface area contributed by atoms with Crippen molar-refractivity contribution in [2.45, 2.75) is 31.5 Å². The third-order valence-corrected chi connectivity index (χ3v) is 1.82. The number of amides is 1. The Hall–Kier alpha value is -2.01.